The topological polar surface area (TPSA) is 76.9 Å². The molecule has 0 fully saturated rings. The van der Waals surface area contributed by atoms with E-state index in [-0.39, 0.29) is 17.4 Å². The van der Waals surface area contributed by atoms with Crippen LogP contribution in [0.4, 0.5) is 0 Å². The van der Waals surface area contributed by atoms with Gasteiger partial charge in [0.1, 0.15) is 0 Å². The first-order valence-electron chi connectivity index (χ1n) is 7.02. The van der Waals surface area contributed by atoms with Gasteiger partial charge in [-0.1, -0.05) is 17.8 Å². The van der Waals surface area contributed by atoms with Crippen LogP contribution in [0, 0.1) is 12.8 Å². The van der Waals surface area contributed by atoms with Gasteiger partial charge in [0.25, 0.3) is 5.56 Å². The Kier molecular flexibility index (Phi) is 4.24. The lowest BCUT2D eigenvalue weighted by Gasteiger charge is -2.24. The number of aryl methyl sites for hydroxylation is 1. The Morgan fingerprint density at radius 3 is 3.09 bits per heavy atom. The second kappa shape index (κ2) is 6.31. The van der Waals surface area contributed by atoms with Crippen molar-refractivity contribution >= 4 is 17.7 Å². The van der Waals surface area contributed by atoms with Crippen LogP contribution in [-0.4, -0.2) is 26.2 Å². The fourth-order valence-electron chi connectivity index (χ4n) is 2.28. The Balaban J connectivity index is 1.68. The number of carbonyl (C=O) groups excluding carboxylic acids is 1. The highest BCUT2D eigenvalue weighted by atomic mass is 32.2. The normalized spacial score (nSPS) is 16.9. The number of hydrogen-bond donors (Lipinski definition) is 1. The zero-order valence-corrected chi connectivity index (χ0v) is 13.0. The molecule has 1 N–H and O–H groups in total. The number of nitrogens with one attached hydrogen (secondary N) is 1. The Bertz CT molecular complexity index is 745. The van der Waals surface area contributed by atoms with Crippen molar-refractivity contribution in [1.29, 1.82) is 0 Å². The zero-order valence-electron chi connectivity index (χ0n) is 12.2. The summed E-state index contributed by atoms with van der Waals surface area (Å²) in [6.45, 7) is 2.51. The van der Waals surface area contributed by atoms with E-state index in [1.165, 1.54) is 11.8 Å². The summed E-state index contributed by atoms with van der Waals surface area (Å²) in [5.74, 6) is 0.337. The van der Waals surface area contributed by atoms with Crippen molar-refractivity contribution in [2.75, 3.05) is 5.75 Å². The fourth-order valence-corrected chi connectivity index (χ4v) is 3.33. The molecule has 0 radical (unpaired) electrons. The number of aromatic nitrogens is 3. The predicted octanol–water partition coefficient (Wildman–Crippen LogP) is 0.985. The van der Waals surface area contributed by atoms with Crippen molar-refractivity contribution in [3.8, 4) is 0 Å². The molecule has 7 heteroatoms. The Morgan fingerprint density at radius 1 is 1.45 bits per heavy atom. The van der Waals surface area contributed by atoms with Crippen LogP contribution < -0.4 is 10.9 Å². The van der Waals surface area contributed by atoms with E-state index in [9.17, 15) is 9.59 Å². The lowest BCUT2D eigenvalue weighted by molar-refractivity contribution is -0.125. The third kappa shape index (κ3) is 3.04. The van der Waals surface area contributed by atoms with E-state index in [1.54, 1.807) is 23.9 Å². The summed E-state index contributed by atoms with van der Waals surface area (Å²) in [5.41, 5.74) is 1.34. The molecule has 0 saturated carbocycles. The molecule has 0 spiro atoms. The molecule has 1 atom stereocenters. The van der Waals surface area contributed by atoms with Gasteiger partial charge in [0.2, 0.25) is 5.91 Å². The van der Waals surface area contributed by atoms with E-state index in [1.807, 2.05) is 18.2 Å². The van der Waals surface area contributed by atoms with Gasteiger partial charge in [-0.05, 0) is 19.1 Å². The summed E-state index contributed by atoms with van der Waals surface area (Å²) in [7, 11) is 0. The summed E-state index contributed by atoms with van der Waals surface area (Å²) < 4.78 is 1.59. The van der Waals surface area contributed by atoms with Crippen LogP contribution in [0.3, 0.4) is 0 Å². The Labute approximate surface area is 132 Å². The summed E-state index contributed by atoms with van der Waals surface area (Å²) >= 11 is 1.45. The molecule has 1 amide bonds. The van der Waals surface area contributed by atoms with Gasteiger partial charge in [0.15, 0.2) is 5.16 Å². The van der Waals surface area contributed by atoms with Gasteiger partial charge in [-0.3, -0.25) is 19.1 Å². The van der Waals surface area contributed by atoms with Crippen LogP contribution in [0.25, 0.3) is 0 Å². The fraction of sp³-hybridized carbons (Fsp3) is 0.333. The van der Waals surface area contributed by atoms with Crippen LogP contribution in [-0.2, 0) is 17.9 Å². The van der Waals surface area contributed by atoms with Crippen LogP contribution in [0.2, 0.25) is 0 Å². The van der Waals surface area contributed by atoms with Gasteiger partial charge >= 0.3 is 0 Å². The van der Waals surface area contributed by atoms with Gasteiger partial charge < -0.3 is 5.32 Å². The number of amides is 1. The summed E-state index contributed by atoms with van der Waals surface area (Å²) in [6, 6.07) is 5.58. The van der Waals surface area contributed by atoms with Crippen molar-refractivity contribution in [2.24, 2.45) is 5.92 Å². The molecular formula is C15H16N4O2S. The average Bonchev–Trinajstić information content (AvgIpc) is 2.57. The van der Waals surface area contributed by atoms with Crippen LogP contribution in [0.1, 0.15) is 11.3 Å². The minimum atomic E-state index is -0.234. The highest BCUT2D eigenvalue weighted by molar-refractivity contribution is 7.99. The second-order valence-corrected chi connectivity index (χ2v) is 6.17. The van der Waals surface area contributed by atoms with E-state index in [0.29, 0.717) is 29.6 Å². The van der Waals surface area contributed by atoms with Crippen LogP contribution in [0.5, 0.6) is 0 Å². The molecule has 2 aromatic heterocycles. The first-order chi connectivity index (χ1) is 10.6. The molecule has 1 unspecified atom stereocenters. The van der Waals surface area contributed by atoms with Gasteiger partial charge in [-0.2, -0.15) is 0 Å². The molecule has 2 aromatic rings. The molecule has 114 valence electrons. The maximum absolute atomic E-state index is 12.3. The number of hydrogen-bond acceptors (Lipinski definition) is 5. The van der Waals surface area contributed by atoms with Gasteiger partial charge in [-0.25, -0.2) is 4.98 Å². The van der Waals surface area contributed by atoms with Gasteiger partial charge in [0.05, 0.1) is 18.2 Å². The van der Waals surface area contributed by atoms with E-state index < -0.39 is 0 Å². The largest absolute Gasteiger partial charge is 0.350 e. The molecule has 3 heterocycles. The SMILES string of the molecule is Cc1cnc2n(c1=O)CC(C(=O)NCc1ccccn1)CS2. The lowest BCUT2D eigenvalue weighted by atomic mass is 10.1. The Morgan fingerprint density at radius 2 is 2.32 bits per heavy atom. The van der Waals surface area contributed by atoms with Crippen LogP contribution >= 0.6 is 11.8 Å². The van der Waals surface area contributed by atoms with Gasteiger partial charge in [-0.15, -0.1) is 0 Å². The van der Waals surface area contributed by atoms with Crippen molar-refractivity contribution in [3.63, 3.8) is 0 Å². The number of carbonyl (C=O) groups is 1. The molecule has 1 aliphatic heterocycles. The Hall–Kier alpha value is -2.15. The minimum absolute atomic E-state index is 0.0581. The minimum Gasteiger partial charge on any atom is -0.350 e. The predicted molar refractivity (Wildman–Crippen MR) is 83.5 cm³/mol. The van der Waals surface area contributed by atoms with Gasteiger partial charge in [0, 0.05) is 30.3 Å². The number of thioether (sulfide) groups is 1. The molecule has 0 bridgehead atoms. The maximum atomic E-state index is 12.3. The standard InChI is InChI=1S/C15H16N4O2S/c1-10-6-18-15-19(14(10)21)8-11(9-22-15)13(20)17-7-12-4-2-3-5-16-12/h2-6,11H,7-9H2,1H3,(H,17,20). The molecule has 1 aliphatic rings. The molecule has 3 rings (SSSR count). The number of pyridine rings is 1. The molecular weight excluding hydrogens is 300 g/mol. The third-order valence-corrected chi connectivity index (χ3v) is 4.69. The van der Waals surface area contributed by atoms with Crippen molar-refractivity contribution in [1.82, 2.24) is 19.9 Å². The average molecular weight is 316 g/mol. The second-order valence-electron chi connectivity index (χ2n) is 5.19. The summed E-state index contributed by atoms with van der Waals surface area (Å²) in [6.07, 6.45) is 3.28. The number of nitrogens with zero attached hydrogens (tertiary/aromatic N) is 3. The smallest absolute Gasteiger partial charge is 0.257 e. The molecule has 0 aliphatic carbocycles. The van der Waals surface area contributed by atoms with Crippen LogP contribution in [0.15, 0.2) is 40.5 Å². The monoisotopic (exact) mass is 316 g/mol. The van der Waals surface area contributed by atoms with Crippen molar-refractivity contribution in [3.05, 3.63) is 52.2 Å². The first kappa shape index (κ1) is 14.8. The quantitative estimate of drug-likeness (QED) is 0.854. The molecule has 0 aromatic carbocycles. The number of rotatable bonds is 3. The molecule has 0 saturated heterocycles. The third-order valence-electron chi connectivity index (χ3n) is 3.54. The maximum Gasteiger partial charge on any atom is 0.257 e. The summed E-state index contributed by atoms with van der Waals surface area (Å²) in [5, 5.41) is 3.57. The van der Waals surface area contributed by atoms with E-state index >= 15 is 0 Å². The lowest BCUT2D eigenvalue weighted by Crippen LogP contribution is -2.40. The van der Waals surface area contributed by atoms with E-state index in [4.69, 9.17) is 0 Å². The van der Waals surface area contributed by atoms with E-state index in [2.05, 4.69) is 15.3 Å². The number of fused-ring (bicyclic) bond motifs is 1. The first-order valence-corrected chi connectivity index (χ1v) is 8.00. The molecule has 6 nitrogen and oxygen atoms in total. The van der Waals surface area contributed by atoms with E-state index in [0.717, 1.165) is 5.69 Å². The summed E-state index contributed by atoms with van der Waals surface area (Å²) in [4.78, 5) is 32.8. The highest BCUT2D eigenvalue weighted by Gasteiger charge is 2.26. The zero-order chi connectivity index (χ0) is 15.5. The highest BCUT2D eigenvalue weighted by Crippen LogP contribution is 2.24. The molecule has 22 heavy (non-hydrogen) atoms. The van der Waals surface area contributed by atoms with Crippen molar-refractivity contribution < 1.29 is 4.79 Å². The van der Waals surface area contributed by atoms with Crippen molar-refractivity contribution in [2.45, 2.75) is 25.2 Å².